The van der Waals surface area contributed by atoms with Crippen LogP contribution in [0.2, 0.25) is 0 Å². The summed E-state index contributed by atoms with van der Waals surface area (Å²) in [6.45, 7) is 0. The van der Waals surface area contributed by atoms with E-state index in [9.17, 15) is 10.1 Å². The molecule has 14 heavy (non-hydrogen) atoms. The van der Waals surface area contributed by atoms with Crippen LogP contribution >= 0.6 is 0 Å². The molecule has 0 unspecified atom stereocenters. The van der Waals surface area contributed by atoms with E-state index in [2.05, 4.69) is 0 Å². The molecular formula is C9H9N3O2. The zero-order valence-electron chi connectivity index (χ0n) is 7.89. The first-order valence-corrected chi connectivity index (χ1v) is 3.92. The second-order valence-electron chi connectivity index (χ2n) is 2.94. The van der Waals surface area contributed by atoms with Crippen LogP contribution in [-0.4, -0.2) is 19.0 Å². The molecule has 5 nitrogen and oxygen atoms in total. The Bertz CT molecular complexity index is 407. The van der Waals surface area contributed by atoms with Gasteiger partial charge in [0.2, 0.25) is 0 Å². The van der Waals surface area contributed by atoms with E-state index in [1.165, 1.54) is 12.1 Å². The number of hydrogen-bond acceptors (Lipinski definition) is 4. The molecule has 0 bridgehead atoms. The summed E-state index contributed by atoms with van der Waals surface area (Å²) in [5.41, 5.74) is 0.609. The summed E-state index contributed by atoms with van der Waals surface area (Å²) < 4.78 is 0. The van der Waals surface area contributed by atoms with E-state index in [1.54, 1.807) is 25.1 Å². The Morgan fingerprint density at radius 1 is 1.50 bits per heavy atom. The van der Waals surface area contributed by atoms with E-state index in [4.69, 9.17) is 5.26 Å². The van der Waals surface area contributed by atoms with Gasteiger partial charge in [0, 0.05) is 20.2 Å². The van der Waals surface area contributed by atoms with E-state index in [0.29, 0.717) is 11.3 Å². The van der Waals surface area contributed by atoms with Crippen molar-refractivity contribution in [1.29, 1.82) is 5.26 Å². The minimum absolute atomic E-state index is 0.0472. The molecule has 0 amide bonds. The average molecular weight is 191 g/mol. The largest absolute Gasteiger partial charge is 0.371 e. The van der Waals surface area contributed by atoms with Crippen LogP contribution in [0.4, 0.5) is 11.4 Å². The third kappa shape index (κ3) is 1.64. The molecule has 0 aliphatic carbocycles. The standard InChI is InChI=1S/C9H9N3O2/c1-11(2)9-7(6-10)4-3-5-8(9)12(13)14/h3-5H,1-2H3. The van der Waals surface area contributed by atoms with Crippen molar-refractivity contribution in [2.75, 3.05) is 19.0 Å². The second-order valence-corrected chi connectivity index (χ2v) is 2.94. The summed E-state index contributed by atoms with van der Waals surface area (Å²) in [6, 6.07) is 6.37. The number of rotatable bonds is 2. The normalized spacial score (nSPS) is 9.21. The summed E-state index contributed by atoms with van der Waals surface area (Å²) in [7, 11) is 3.34. The Balaban J connectivity index is 3.45. The highest BCUT2D eigenvalue weighted by Crippen LogP contribution is 2.29. The molecule has 0 N–H and O–H groups in total. The van der Waals surface area contributed by atoms with Crippen LogP contribution in [0.5, 0.6) is 0 Å². The van der Waals surface area contributed by atoms with Gasteiger partial charge in [-0.15, -0.1) is 0 Å². The van der Waals surface area contributed by atoms with Gasteiger partial charge in [-0.25, -0.2) is 0 Å². The highest BCUT2D eigenvalue weighted by Gasteiger charge is 2.18. The molecule has 5 heteroatoms. The Morgan fingerprint density at radius 2 is 2.14 bits per heavy atom. The summed E-state index contributed by atoms with van der Waals surface area (Å²) >= 11 is 0. The molecule has 0 aliphatic rings. The van der Waals surface area contributed by atoms with Crippen molar-refractivity contribution in [2.45, 2.75) is 0 Å². The summed E-state index contributed by atoms with van der Waals surface area (Å²) in [4.78, 5) is 11.7. The molecule has 0 aliphatic heterocycles. The predicted octanol–water partition coefficient (Wildman–Crippen LogP) is 1.53. The maximum atomic E-state index is 10.7. The summed E-state index contributed by atoms with van der Waals surface area (Å²) in [6.07, 6.45) is 0. The number of nitriles is 1. The van der Waals surface area contributed by atoms with Gasteiger partial charge in [-0.2, -0.15) is 5.26 Å². The fourth-order valence-electron chi connectivity index (χ4n) is 1.24. The van der Waals surface area contributed by atoms with Crippen molar-refractivity contribution in [3.05, 3.63) is 33.9 Å². The number of nitro benzene ring substituents is 1. The monoisotopic (exact) mass is 191 g/mol. The second kappa shape index (κ2) is 3.75. The Kier molecular flexibility index (Phi) is 2.67. The molecule has 0 aromatic heterocycles. The van der Waals surface area contributed by atoms with Gasteiger partial charge in [0.05, 0.1) is 10.5 Å². The zero-order valence-corrected chi connectivity index (χ0v) is 7.89. The number of hydrogen-bond donors (Lipinski definition) is 0. The lowest BCUT2D eigenvalue weighted by Gasteiger charge is -2.13. The van der Waals surface area contributed by atoms with Crippen molar-refractivity contribution in [3.8, 4) is 6.07 Å². The van der Waals surface area contributed by atoms with E-state index >= 15 is 0 Å². The number of anilines is 1. The number of benzene rings is 1. The maximum absolute atomic E-state index is 10.7. The molecule has 1 rings (SSSR count). The molecule has 0 fully saturated rings. The zero-order chi connectivity index (χ0) is 10.7. The van der Waals surface area contributed by atoms with Gasteiger partial charge in [0.15, 0.2) is 0 Å². The van der Waals surface area contributed by atoms with Crippen molar-refractivity contribution >= 4 is 11.4 Å². The van der Waals surface area contributed by atoms with Gasteiger partial charge in [0.1, 0.15) is 11.8 Å². The molecule has 0 heterocycles. The lowest BCUT2D eigenvalue weighted by molar-refractivity contribution is -0.384. The average Bonchev–Trinajstić information content (AvgIpc) is 2.16. The van der Waals surface area contributed by atoms with Gasteiger partial charge >= 0.3 is 0 Å². The fraction of sp³-hybridized carbons (Fsp3) is 0.222. The highest BCUT2D eigenvalue weighted by atomic mass is 16.6. The smallest absolute Gasteiger partial charge is 0.293 e. The molecule has 0 saturated carbocycles. The molecule has 0 radical (unpaired) electrons. The topological polar surface area (TPSA) is 70.2 Å². The molecular weight excluding hydrogens is 182 g/mol. The summed E-state index contributed by atoms with van der Waals surface area (Å²) in [5, 5.41) is 19.4. The first kappa shape index (κ1) is 9.99. The third-order valence-electron chi connectivity index (χ3n) is 1.78. The Hall–Kier alpha value is -2.09. The quantitative estimate of drug-likeness (QED) is 0.525. The van der Waals surface area contributed by atoms with Crippen LogP contribution in [0.25, 0.3) is 0 Å². The summed E-state index contributed by atoms with van der Waals surface area (Å²) in [5.74, 6) is 0. The van der Waals surface area contributed by atoms with Crippen LogP contribution in [-0.2, 0) is 0 Å². The highest BCUT2D eigenvalue weighted by molar-refractivity contribution is 5.70. The number of para-hydroxylation sites is 1. The minimum atomic E-state index is -0.490. The first-order valence-electron chi connectivity index (χ1n) is 3.92. The Morgan fingerprint density at radius 3 is 2.57 bits per heavy atom. The molecule has 1 aromatic rings. The minimum Gasteiger partial charge on any atom is -0.371 e. The van der Waals surface area contributed by atoms with E-state index in [-0.39, 0.29) is 5.69 Å². The molecule has 0 atom stereocenters. The molecule has 1 aromatic carbocycles. The van der Waals surface area contributed by atoms with E-state index in [0.717, 1.165) is 0 Å². The fourth-order valence-corrected chi connectivity index (χ4v) is 1.24. The Labute approximate surface area is 81.3 Å². The van der Waals surface area contributed by atoms with Gasteiger partial charge in [-0.1, -0.05) is 6.07 Å². The van der Waals surface area contributed by atoms with E-state index in [1.807, 2.05) is 6.07 Å². The first-order chi connectivity index (χ1) is 6.57. The van der Waals surface area contributed by atoms with Crippen LogP contribution in [0.3, 0.4) is 0 Å². The van der Waals surface area contributed by atoms with Crippen LogP contribution in [0.1, 0.15) is 5.56 Å². The predicted molar refractivity (Wildman–Crippen MR) is 52.1 cm³/mol. The number of nitro groups is 1. The van der Waals surface area contributed by atoms with Gasteiger partial charge in [-0.3, -0.25) is 10.1 Å². The maximum Gasteiger partial charge on any atom is 0.293 e. The van der Waals surface area contributed by atoms with Crippen LogP contribution < -0.4 is 4.90 Å². The van der Waals surface area contributed by atoms with Gasteiger partial charge in [-0.05, 0) is 6.07 Å². The third-order valence-corrected chi connectivity index (χ3v) is 1.78. The van der Waals surface area contributed by atoms with Crippen molar-refractivity contribution in [2.24, 2.45) is 0 Å². The van der Waals surface area contributed by atoms with Gasteiger partial charge in [0.25, 0.3) is 5.69 Å². The molecule has 72 valence electrons. The van der Waals surface area contributed by atoms with Crippen LogP contribution in [0.15, 0.2) is 18.2 Å². The van der Waals surface area contributed by atoms with Crippen molar-refractivity contribution in [1.82, 2.24) is 0 Å². The molecule has 0 spiro atoms. The van der Waals surface area contributed by atoms with Crippen molar-refractivity contribution < 1.29 is 4.92 Å². The SMILES string of the molecule is CN(C)c1c(C#N)cccc1[N+](=O)[O-]. The van der Waals surface area contributed by atoms with Gasteiger partial charge < -0.3 is 4.90 Å². The van der Waals surface area contributed by atoms with Crippen molar-refractivity contribution in [3.63, 3.8) is 0 Å². The molecule has 0 saturated heterocycles. The lowest BCUT2D eigenvalue weighted by atomic mass is 10.1. The lowest BCUT2D eigenvalue weighted by Crippen LogP contribution is -2.12. The van der Waals surface area contributed by atoms with Crippen LogP contribution in [0, 0.1) is 21.4 Å². The number of nitrogens with zero attached hydrogens (tertiary/aromatic N) is 3. The van der Waals surface area contributed by atoms with E-state index < -0.39 is 4.92 Å².